The molecule has 15 heavy (non-hydrogen) atoms. The molecule has 6 heteroatoms. The summed E-state index contributed by atoms with van der Waals surface area (Å²) in [5.74, 6) is -0.287. The highest BCUT2D eigenvalue weighted by Gasteiger charge is 2.08. The Kier molecular flexibility index (Phi) is 2.77. The molecule has 0 aliphatic rings. The lowest BCUT2D eigenvalue weighted by molar-refractivity contribution is 0.0976. The molecular formula is C9H7B2N2OS. The Hall–Kier alpha value is -1.29. The van der Waals surface area contributed by atoms with Crippen molar-refractivity contribution in [1.29, 1.82) is 0 Å². The Labute approximate surface area is 93.6 Å². The molecular weight excluding hydrogens is 206 g/mol. The van der Waals surface area contributed by atoms with Crippen LogP contribution in [0.4, 0.5) is 0 Å². The Balaban J connectivity index is 2.45. The van der Waals surface area contributed by atoms with Crippen LogP contribution in [0.15, 0.2) is 17.5 Å². The zero-order valence-corrected chi connectivity index (χ0v) is 8.97. The van der Waals surface area contributed by atoms with Crippen molar-refractivity contribution in [2.45, 2.75) is 6.92 Å². The normalized spacial score (nSPS) is 10.2. The summed E-state index contributed by atoms with van der Waals surface area (Å²) in [7, 11) is 6.21. The first-order valence-electron chi connectivity index (χ1n) is 4.41. The van der Waals surface area contributed by atoms with E-state index >= 15 is 0 Å². The highest BCUT2D eigenvalue weighted by atomic mass is 32.1. The van der Waals surface area contributed by atoms with Crippen LogP contribution in [0.3, 0.4) is 0 Å². The van der Waals surface area contributed by atoms with E-state index < -0.39 is 0 Å². The van der Waals surface area contributed by atoms with E-state index in [1.165, 1.54) is 0 Å². The minimum atomic E-state index is -0.287. The van der Waals surface area contributed by atoms with Crippen molar-refractivity contribution in [3.05, 3.63) is 28.8 Å². The Morgan fingerprint density at radius 2 is 2.40 bits per heavy atom. The van der Waals surface area contributed by atoms with Crippen molar-refractivity contribution < 1.29 is 4.79 Å². The van der Waals surface area contributed by atoms with E-state index in [4.69, 9.17) is 7.74 Å². The predicted molar refractivity (Wildman–Crippen MR) is 63.3 cm³/mol. The van der Waals surface area contributed by atoms with Crippen LogP contribution in [0.5, 0.6) is 0 Å². The first kappa shape index (κ1) is 10.2. The van der Waals surface area contributed by atoms with Gasteiger partial charge in [0, 0.05) is 7.74 Å². The molecule has 0 unspecified atom stereocenters. The van der Waals surface area contributed by atoms with Crippen LogP contribution in [0, 0.1) is 6.92 Å². The van der Waals surface area contributed by atoms with Gasteiger partial charge in [-0.2, -0.15) is 0 Å². The average molecular weight is 213 g/mol. The second-order valence-corrected chi connectivity index (χ2v) is 4.01. The summed E-state index contributed by atoms with van der Waals surface area (Å²) in [6.07, 6.45) is 0. The monoisotopic (exact) mass is 213 g/mol. The van der Waals surface area contributed by atoms with E-state index in [1.807, 2.05) is 18.4 Å². The van der Waals surface area contributed by atoms with Crippen LogP contribution in [-0.4, -0.2) is 25.9 Å². The van der Waals surface area contributed by atoms with E-state index in [0.29, 0.717) is 5.69 Å². The molecule has 2 aromatic rings. The van der Waals surface area contributed by atoms with Crippen molar-refractivity contribution in [1.82, 2.24) is 10.2 Å². The van der Waals surface area contributed by atoms with Crippen molar-refractivity contribution in [3.63, 3.8) is 0 Å². The summed E-state index contributed by atoms with van der Waals surface area (Å²) in [6.45, 7) is 1.97. The van der Waals surface area contributed by atoms with Gasteiger partial charge in [0.1, 0.15) is 5.69 Å². The third-order valence-corrected chi connectivity index (χ3v) is 3.10. The standard InChI is InChI=1S/C9H7B2N2OS/c1-5-4-15-7-3-2-6(12-8(5)7)9(14)13-11-10/h2-4H,1H3,(H,13,14). The number of thiophene rings is 1. The topological polar surface area (TPSA) is 42.0 Å². The SMILES string of the molecule is [B][B]NC(=O)c1ccc2scc(C)c2n1. The maximum Gasteiger partial charge on any atom is 0.257 e. The van der Waals surface area contributed by atoms with Gasteiger partial charge in [-0.25, -0.2) is 4.98 Å². The van der Waals surface area contributed by atoms with Crippen molar-refractivity contribution in [2.24, 2.45) is 0 Å². The highest BCUT2D eigenvalue weighted by Crippen LogP contribution is 2.23. The minimum absolute atomic E-state index is 0.287. The molecule has 0 aromatic carbocycles. The third-order valence-electron chi connectivity index (χ3n) is 2.04. The van der Waals surface area contributed by atoms with Gasteiger partial charge in [0.25, 0.3) is 5.91 Å². The van der Waals surface area contributed by atoms with Gasteiger partial charge in [-0.1, -0.05) is 0 Å². The summed E-state index contributed by atoms with van der Waals surface area (Å²) in [5, 5.41) is 4.42. The average Bonchev–Trinajstić information content (AvgIpc) is 2.60. The van der Waals surface area contributed by atoms with E-state index in [-0.39, 0.29) is 5.91 Å². The molecule has 0 aliphatic heterocycles. The van der Waals surface area contributed by atoms with Crippen molar-refractivity contribution in [3.8, 4) is 0 Å². The highest BCUT2D eigenvalue weighted by molar-refractivity contribution is 7.17. The molecule has 1 N–H and O–H groups in total. The number of rotatable bonds is 2. The Morgan fingerprint density at radius 3 is 3.13 bits per heavy atom. The van der Waals surface area contributed by atoms with Gasteiger partial charge < -0.3 is 5.23 Å². The van der Waals surface area contributed by atoms with Gasteiger partial charge in [0.2, 0.25) is 0 Å². The first-order chi connectivity index (χ1) is 7.22. The quantitative estimate of drug-likeness (QED) is 0.757. The molecule has 3 nitrogen and oxygen atoms in total. The smallest absolute Gasteiger partial charge is 0.257 e. The maximum absolute atomic E-state index is 11.4. The lowest BCUT2D eigenvalue weighted by atomic mass is 9.67. The fourth-order valence-electron chi connectivity index (χ4n) is 1.31. The minimum Gasteiger partial charge on any atom is -0.407 e. The molecule has 0 atom stereocenters. The van der Waals surface area contributed by atoms with Crippen LogP contribution in [0.25, 0.3) is 10.2 Å². The molecule has 0 fully saturated rings. The van der Waals surface area contributed by atoms with Crippen LogP contribution in [0.1, 0.15) is 16.1 Å². The largest absolute Gasteiger partial charge is 0.407 e. The molecule has 0 saturated heterocycles. The van der Waals surface area contributed by atoms with Gasteiger partial charge in [-0.3, -0.25) is 4.79 Å². The third kappa shape index (κ3) is 1.90. The van der Waals surface area contributed by atoms with E-state index in [0.717, 1.165) is 23.1 Å². The van der Waals surface area contributed by atoms with Gasteiger partial charge in [0.15, 0.2) is 7.31 Å². The fraction of sp³-hybridized carbons (Fsp3) is 0.111. The van der Waals surface area contributed by atoms with Crippen LogP contribution in [0.2, 0.25) is 0 Å². The van der Waals surface area contributed by atoms with Gasteiger partial charge in [-0.05, 0) is 30.0 Å². The number of nitrogens with zero attached hydrogens (tertiary/aromatic N) is 1. The zero-order chi connectivity index (χ0) is 10.8. The van der Waals surface area contributed by atoms with Gasteiger partial charge >= 0.3 is 0 Å². The molecule has 2 rings (SSSR count). The van der Waals surface area contributed by atoms with E-state index in [1.54, 1.807) is 17.4 Å². The number of carbonyl (C=O) groups is 1. The Bertz CT molecular complexity index is 512. The van der Waals surface area contributed by atoms with Crippen molar-refractivity contribution in [2.75, 3.05) is 0 Å². The number of hydrogen-bond acceptors (Lipinski definition) is 3. The lowest BCUT2D eigenvalue weighted by Gasteiger charge is -2.01. The van der Waals surface area contributed by atoms with Crippen LogP contribution in [-0.2, 0) is 0 Å². The number of pyridine rings is 1. The molecule has 0 saturated carbocycles. The predicted octanol–water partition coefficient (Wildman–Crippen LogP) is 1.04. The van der Waals surface area contributed by atoms with E-state index in [9.17, 15) is 4.79 Å². The summed E-state index contributed by atoms with van der Waals surface area (Å²) in [4.78, 5) is 15.7. The molecule has 1 amide bonds. The molecule has 0 aliphatic carbocycles. The fourth-order valence-corrected chi connectivity index (χ4v) is 2.19. The van der Waals surface area contributed by atoms with Crippen LogP contribution < -0.4 is 5.23 Å². The number of aromatic nitrogens is 1. The van der Waals surface area contributed by atoms with Crippen LogP contribution >= 0.6 is 11.3 Å². The summed E-state index contributed by atoms with van der Waals surface area (Å²) in [6, 6.07) is 3.59. The van der Waals surface area contributed by atoms with E-state index in [2.05, 4.69) is 10.2 Å². The zero-order valence-electron chi connectivity index (χ0n) is 8.15. The second kappa shape index (κ2) is 4.06. The summed E-state index contributed by atoms with van der Waals surface area (Å²) < 4.78 is 1.08. The summed E-state index contributed by atoms with van der Waals surface area (Å²) >= 11 is 1.62. The molecule has 2 heterocycles. The number of fused-ring (bicyclic) bond motifs is 1. The Morgan fingerprint density at radius 1 is 1.60 bits per heavy atom. The molecule has 2 aromatic heterocycles. The molecule has 3 radical (unpaired) electrons. The molecule has 0 spiro atoms. The number of amides is 1. The second-order valence-electron chi connectivity index (χ2n) is 3.10. The van der Waals surface area contributed by atoms with Crippen molar-refractivity contribution >= 4 is 42.5 Å². The maximum atomic E-state index is 11.4. The first-order valence-corrected chi connectivity index (χ1v) is 5.29. The molecule has 0 bridgehead atoms. The number of nitrogens with one attached hydrogen (secondary N) is 1. The van der Waals surface area contributed by atoms with Gasteiger partial charge in [-0.15, -0.1) is 11.3 Å². The summed E-state index contributed by atoms with van der Waals surface area (Å²) in [5.41, 5.74) is 2.34. The molecule has 71 valence electrons. The number of aryl methyl sites for hydroxylation is 1. The van der Waals surface area contributed by atoms with Gasteiger partial charge in [0.05, 0.1) is 10.2 Å². The number of carbonyl (C=O) groups excluding carboxylic acids is 1. The number of hydrogen-bond donors (Lipinski definition) is 1. The lowest BCUT2D eigenvalue weighted by Crippen LogP contribution is -2.28.